The number of hydrogen-bond donors (Lipinski definition) is 1. The third-order valence-corrected chi connectivity index (χ3v) is 4.09. The summed E-state index contributed by atoms with van der Waals surface area (Å²) in [6, 6.07) is 8.36. The Hall–Kier alpha value is -2.13. The maximum Gasteiger partial charge on any atom is 0.151 e. The SMILES string of the molecule is CNCCCN1c2ccccc2C(C=O)=C2C=CC=CC21. The van der Waals surface area contributed by atoms with Crippen LogP contribution < -0.4 is 10.2 Å². The first-order chi connectivity index (χ1) is 10.4. The summed E-state index contributed by atoms with van der Waals surface area (Å²) in [7, 11) is 1.98. The van der Waals surface area contributed by atoms with Crippen molar-refractivity contribution in [2.75, 3.05) is 25.0 Å². The molecule has 0 fully saturated rings. The fraction of sp³-hybridized carbons (Fsp3) is 0.278. The first kappa shape index (κ1) is 13.8. The Balaban J connectivity index is 2.06. The van der Waals surface area contributed by atoms with Crippen LogP contribution in [0.2, 0.25) is 0 Å². The van der Waals surface area contributed by atoms with Gasteiger partial charge in [0.05, 0.1) is 6.04 Å². The van der Waals surface area contributed by atoms with Crippen LogP contribution in [0, 0.1) is 0 Å². The molecule has 3 rings (SSSR count). The lowest BCUT2D eigenvalue weighted by Crippen LogP contribution is -2.40. The van der Waals surface area contributed by atoms with E-state index < -0.39 is 0 Å². The molecule has 1 N–H and O–H groups in total. The van der Waals surface area contributed by atoms with Gasteiger partial charge in [0.1, 0.15) is 0 Å². The Morgan fingerprint density at radius 1 is 1.29 bits per heavy atom. The minimum atomic E-state index is 0.168. The molecule has 1 aliphatic carbocycles. The first-order valence-corrected chi connectivity index (χ1v) is 7.41. The van der Waals surface area contributed by atoms with Gasteiger partial charge < -0.3 is 10.2 Å². The van der Waals surface area contributed by atoms with Crippen LogP contribution in [-0.2, 0) is 4.79 Å². The molecule has 1 atom stereocenters. The van der Waals surface area contributed by atoms with Gasteiger partial charge in [-0.1, -0.05) is 42.5 Å². The van der Waals surface area contributed by atoms with Gasteiger partial charge in [0.2, 0.25) is 0 Å². The van der Waals surface area contributed by atoms with Crippen LogP contribution in [0.5, 0.6) is 0 Å². The lowest BCUT2D eigenvalue weighted by Gasteiger charge is -2.39. The molecule has 0 aromatic heterocycles. The predicted octanol–water partition coefficient (Wildman–Crippen LogP) is 2.56. The molecule has 0 radical (unpaired) electrons. The van der Waals surface area contributed by atoms with E-state index in [1.807, 2.05) is 31.3 Å². The summed E-state index contributed by atoms with van der Waals surface area (Å²) in [6.45, 7) is 1.96. The number of allylic oxidation sites excluding steroid dienone is 3. The fourth-order valence-electron chi connectivity index (χ4n) is 3.13. The highest BCUT2D eigenvalue weighted by molar-refractivity contribution is 6.13. The van der Waals surface area contributed by atoms with Gasteiger partial charge in [-0.25, -0.2) is 0 Å². The molecule has 21 heavy (non-hydrogen) atoms. The van der Waals surface area contributed by atoms with Crippen molar-refractivity contribution >= 4 is 17.5 Å². The van der Waals surface area contributed by atoms with Gasteiger partial charge in [-0.3, -0.25) is 4.79 Å². The molecule has 0 bridgehead atoms. The summed E-state index contributed by atoms with van der Waals surface area (Å²) < 4.78 is 0. The molecule has 2 aliphatic rings. The molecule has 108 valence electrons. The Morgan fingerprint density at radius 3 is 2.95 bits per heavy atom. The van der Waals surface area contributed by atoms with Crippen LogP contribution in [0.25, 0.3) is 5.57 Å². The van der Waals surface area contributed by atoms with Crippen LogP contribution in [0.3, 0.4) is 0 Å². The number of aldehydes is 1. The normalized spacial score (nSPS) is 19.5. The van der Waals surface area contributed by atoms with Gasteiger partial charge in [0.25, 0.3) is 0 Å². The number of rotatable bonds is 5. The number of nitrogens with zero attached hydrogens (tertiary/aromatic N) is 1. The van der Waals surface area contributed by atoms with E-state index in [2.05, 4.69) is 34.5 Å². The van der Waals surface area contributed by atoms with Crippen molar-refractivity contribution in [2.24, 2.45) is 0 Å². The number of nitrogens with one attached hydrogen (secondary N) is 1. The highest BCUT2D eigenvalue weighted by Crippen LogP contribution is 2.39. The molecule has 3 nitrogen and oxygen atoms in total. The minimum absolute atomic E-state index is 0.168. The molecule has 1 aromatic carbocycles. The molecule has 1 aliphatic heterocycles. The maximum atomic E-state index is 11.6. The second-order valence-corrected chi connectivity index (χ2v) is 5.34. The summed E-state index contributed by atoms with van der Waals surface area (Å²) in [5.74, 6) is 0. The standard InChI is InChI=1S/C18H20N2O/c1-19-11-6-12-20-17-9-4-2-7-14(17)16(13-21)15-8-3-5-10-18(15)20/h2-5,7-10,13,17,19H,6,11-12H2,1H3. The van der Waals surface area contributed by atoms with E-state index >= 15 is 0 Å². The Labute approximate surface area is 125 Å². The molecular formula is C18H20N2O. The van der Waals surface area contributed by atoms with Gasteiger partial charge in [-0.2, -0.15) is 0 Å². The number of carbonyl (C=O) groups is 1. The zero-order chi connectivity index (χ0) is 14.7. The summed E-state index contributed by atoms with van der Waals surface area (Å²) in [5.41, 5.74) is 4.13. The van der Waals surface area contributed by atoms with Crippen molar-refractivity contribution in [1.29, 1.82) is 0 Å². The van der Waals surface area contributed by atoms with Gasteiger partial charge in [-0.05, 0) is 31.7 Å². The number of fused-ring (bicyclic) bond motifs is 2. The molecular weight excluding hydrogens is 260 g/mol. The lowest BCUT2D eigenvalue weighted by molar-refractivity contribution is -0.103. The molecule has 0 spiro atoms. The van der Waals surface area contributed by atoms with Crippen LogP contribution in [0.15, 0.2) is 54.1 Å². The van der Waals surface area contributed by atoms with Gasteiger partial charge in [0, 0.05) is 23.4 Å². The van der Waals surface area contributed by atoms with Gasteiger partial charge in [0.15, 0.2) is 6.29 Å². The number of benzene rings is 1. The summed E-state index contributed by atoms with van der Waals surface area (Å²) in [6.07, 6.45) is 10.4. The number of para-hydroxylation sites is 1. The summed E-state index contributed by atoms with van der Waals surface area (Å²) >= 11 is 0. The van der Waals surface area contributed by atoms with E-state index in [9.17, 15) is 4.79 Å². The van der Waals surface area contributed by atoms with E-state index in [1.165, 1.54) is 0 Å². The first-order valence-electron chi connectivity index (χ1n) is 7.41. The van der Waals surface area contributed by atoms with E-state index in [-0.39, 0.29) is 6.04 Å². The quantitative estimate of drug-likeness (QED) is 0.664. The Bertz CT molecular complexity index is 628. The zero-order valence-corrected chi connectivity index (χ0v) is 12.3. The van der Waals surface area contributed by atoms with Crippen molar-refractivity contribution in [1.82, 2.24) is 5.32 Å². The van der Waals surface area contributed by atoms with Crippen molar-refractivity contribution in [3.8, 4) is 0 Å². The van der Waals surface area contributed by atoms with E-state index in [4.69, 9.17) is 0 Å². The number of carbonyl (C=O) groups excluding carboxylic acids is 1. The highest BCUT2D eigenvalue weighted by atomic mass is 16.1. The number of anilines is 1. The van der Waals surface area contributed by atoms with Crippen LogP contribution in [0.1, 0.15) is 12.0 Å². The molecule has 1 unspecified atom stereocenters. The van der Waals surface area contributed by atoms with Crippen LogP contribution in [0.4, 0.5) is 5.69 Å². The van der Waals surface area contributed by atoms with Gasteiger partial charge >= 0.3 is 0 Å². The monoisotopic (exact) mass is 280 g/mol. The van der Waals surface area contributed by atoms with Gasteiger partial charge in [-0.15, -0.1) is 0 Å². The molecule has 3 heteroatoms. The van der Waals surface area contributed by atoms with Crippen molar-refractivity contribution in [2.45, 2.75) is 12.5 Å². The molecule has 0 amide bonds. The topological polar surface area (TPSA) is 32.3 Å². The number of hydrogen-bond acceptors (Lipinski definition) is 3. The van der Waals surface area contributed by atoms with Crippen LogP contribution in [-0.4, -0.2) is 32.5 Å². The molecule has 0 saturated heterocycles. The third kappa shape index (κ3) is 2.45. The second kappa shape index (κ2) is 6.10. The lowest BCUT2D eigenvalue weighted by atomic mass is 9.86. The summed E-state index contributed by atoms with van der Waals surface area (Å²) in [4.78, 5) is 14.0. The largest absolute Gasteiger partial charge is 0.360 e. The van der Waals surface area contributed by atoms with Crippen molar-refractivity contribution in [3.63, 3.8) is 0 Å². The fourth-order valence-corrected chi connectivity index (χ4v) is 3.13. The molecule has 0 saturated carbocycles. The summed E-state index contributed by atoms with van der Waals surface area (Å²) in [5, 5.41) is 3.20. The highest BCUT2D eigenvalue weighted by Gasteiger charge is 2.30. The maximum absolute atomic E-state index is 11.6. The Morgan fingerprint density at radius 2 is 2.14 bits per heavy atom. The average molecular weight is 280 g/mol. The van der Waals surface area contributed by atoms with Crippen LogP contribution >= 0.6 is 0 Å². The minimum Gasteiger partial charge on any atom is -0.360 e. The van der Waals surface area contributed by atoms with E-state index in [0.29, 0.717) is 0 Å². The molecule has 1 aromatic rings. The van der Waals surface area contributed by atoms with Crippen molar-refractivity contribution in [3.05, 3.63) is 59.7 Å². The predicted molar refractivity (Wildman–Crippen MR) is 87.4 cm³/mol. The van der Waals surface area contributed by atoms with E-state index in [0.717, 1.165) is 48.2 Å². The van der Waals surface area contributed by atoms with Crippen molar-refractivity contribution < 1.29 is 4.79 Å². The zero-order valence-electron chi connectivity index (χ0n) is 12.3. The second-order valence-electron chi connectivity index (χ2n) is 5.34. The smallest absolute Gasteiger partial charge is 0.151 e. The third-order valence-electron chi connectivity index (χ3n) is 4.09. The van der Waals surface area contributed by atoms with E-state index in [1.54, 1.807) is 0 Å². The Kier molecular flexibility index (Phi) is 4.02. The molecule has 1 heterocycles. The average Bonchev–Trinajstić information content (AvgIpc) is 2.54.